The quantitative estimate of drug-likeness (QED) is 0.621. The van der Waals surface area contributed by atoms with Crippen LogP contribution in [0.3, 0.4) is 0 Å². The number of fused-ring (bicyclic) bond motifs is 2. The number of hydrogen-bond acceptors (Lipinski definition) is 6. The second-order valence-corrected chi connectivity index (χ2v) is 9.66. The first-order chi connectivity index (χ1) is 16.0. The number of methoxy groups -OCH3 is 1. The van der Waals surface area contributed by atoms with Gasteiger partial charge in [-0.05, 0) is 53.9 Å². The second kappa shape index (κ2) is 8.42. The zero-order valence-electron chi connectivity index (χ0n) is 17.9. The van der Waals surface area contributed by atoms with Gasteiger partial charge in [0.2, 0.25) is 22.7 Å². The number of benzene rings is 3. The molecule has 2 aliphatic heterocycles. The Kier molecular flexibility index (Phi) is 5.43. The fraction of sp³-hybridized carbons (Fsp3) is 0.208. The minimum atomic E-state index is -3.95. The number of nitrogens with one attached hydrogen (secondary N) is 1. The smallest absolute Gasteiger partial charge is 0.244 e. The minimum absolute atomic E-state index is 0.101. The number of rotatable bonds is 5. The summed E-state index contributed by atoms with van der Waals surface area (Å²) in [5.74, 6) is 1.27. The van der Waals surface area contributed by atoms with Gasteiger partial charge in [-0.1, -0.05) is 24.3 Å². The number of anilines is 1. The molecule has 0 radical (unpaired) electrons. The van der Waals surface area contributed by atoms with Gasteiger partial charge in [-0.2, -0.15) is 4.31 Å². The highest BCUT2D eigenvalue weighted by Crippen LogP contribution is 2.35. The van der Waals surface area contributed by atoms with Crippen LogP contribution in [-0.4, -0.2) is 38.6 Å². The van der Waals surface area contributed by atoms with E-state index in [9.17, 15) is 13.2 Å². The molecule has 33 heavy (non-hydrogen) atoms. The summed E-state index contributed by atoms with van der Waals surface area (Å²) >= 11 is 0. The highest BCUT2D eigenvalue weighted by molar-refractivity contribution is 7.89. The first-order valence-corrected chi connectivity index (χ1v) is 11.8. The fourth-order valence-electron chi connectivity index (χ4n) is 4.06. The van der Waals surface area contributed by atoms with Crippen LogP contribution in [0.4, 0.5) is 5.69 Å². The summed E-state index contributed by atoms with van der Waals surface area (Å²) in [6.45, 7) is 0.226. The van der Waals surface area contributed by atoms with Crippen LogP contribution in [0.1, 0.15) is 11.1 Å². The molecule has 0 fully saturated rings. The summed E-state index contributed by atoms with van der Waals surface area (Å²) < 4.78 is 44.3. The predicted octanol–water partition coefficient (Wildman–Crippen LogP) is 3.18. The molecular formula is C24H22N2O6S. The van der Waals surface area contributed by atoms with Crippen molar-refractivity contribution in [1.29, 1.82) is 0 Å². The molecule has 0 bridgehead atoms. The molecule has 1 atom stereocenters. The van der Waals surface area contributed by atoms with Crippen LogP contribution in [0.5, 0.6) is 17.2 Å². The molecule has 8 nitrogen and oxygen atoms in total. The second-order valence-electron chi connectivity index (χ2n) is 7.77. The maximum absolute atomic E-state index is 13.6. The van der Waals surface area contributed by atoms with Crippen molar-refractivity contribution in [3.63, 3.8) is 0 Å². The maximum atomic E-state index is 13.6. The third kappa shape index (κ3) is 4.01. The standard InChI is InChI=1S/C24H22N2O6S/c1-30-19-7-9-20(10-8-19)33(28,29)26-14-17-5-3-2-4-16(17)12-21(26)24(27)25-18-6-11-22-23(13-18)32-15-31-22/h2-11,13,21H,12,14-15H2,1H3,(H,25,27)/t21-/m1/s1. The van der Waals surface area contributed by atoms with E-state index < -0.39 is 22.0 Å². The molecule has 0 saturated carbocycles. The normalized spacial score (nSPS) is 17.3. The van der Waals surface area contributed by atoms with Crippen LogP contribution in [0, 0.1) is 0 Å². The van der Waals surface area contributed by atoms with Gasteiger partial charge in [0.05, 0.1) is 12.0 Å². The average Bonchev–Trinajstić information content (AvgIpc) is 3.31. The van der Waals surface area contributed by atoms with Gasteiger partial charge in [-0.3, -0.25) is 4.79 Å². The summed E-state index contributed by atoms with van der Waals surface area (Å²) in [4.78, 5) is 13.5. The van der Waals surface area contributed by atoms with Crippen LogP contribution in [0.15, 0.2) is 71.6 Å². The van der Waals surface area contributed by atoms with E-state index in [2.05, 4.69) is 5.32 Å². The summed E-state index contributed by atoms with van der Waals surface area (Å²) in [7, 11) is -2.44. The predicted molar refractivity (Wildman–Crippen MR) is 121 cm³/mol. The van der Waals surface area contributed by atoms with Crippen molar-refractivity contribution in [2.45, 2.75) is 23.9 Å². The van der Waals surface area contributed by atoms with Crippen LogP contribution >= 0.6 is 0 Å². The topological polar surface area (TPSA) is 94.2 Å². The molecule has 0 saturated heterocycles. The van der Waals surface area contributed by atoms with Crippen molar-refractivity contribution in [2.24, 2.45) is 0 Å². The highest BCUT2D eigenvalue weighted by atomic mass is 32.2. The van der Waals surface area contributed by atoms with Gasteiger partial charge >= 0.3 is 0 Å². The Bertz CT molecular complexity index is 1310. The Balaban J connectivity index is 1.48. The van der Waals surface area contributed by atoms with E-state index in [0.29, 0.717) is 22.9 Å². The van der Waals surface area contributed by atoms with E-state index in [1.165, 1.54) is 23.5 Å². The number of nitrogens with zero attached hydrogens (tertiary/aromatic N) is 1. The lowest BCUT2D eigenvalue weighted by molar-refractivity contribution is -0.120. The van der Waals surface area contributed by atoms with E-state index in [4.69, 9.17) is 14.2 Å². The average molecular weight is 467 g/mol. The van der Waals surface area contributed by atoms with Gasteiger partial charge in [0.15, 0.2) is 11.5 Å². The molecular weight excluding hydrogens is 444 g/mol. The van der Waals surface area contributed by atoms with E-state index in [1.807, 2.05) is 24.3 Å². The molecule has 3 aromatic carbocycles. The molecule has 3 aromatic rings. The van der Waals surface area contributed by atoms with Crippen molar-refractivity contribution in [3.8, 4) is 17.2 Å². The van der Waals surface area contributed by atoms with Crippen LogP contribution < -0.4 is 19.5 Å². The number of carbonyl (C=O) groups excluding carboxylic acids is 1. The van der Waals surface area contributed by atoms with Gasteiger partial charge in [0, 0.05) is 18.3 Å². The third-order valence-electron chi connectivity index (χ3n) is 5.81. The summed E-state index contributed by atoms with van der Waals surface area (Å²) in [5, 5.41) is 2.84. The Morgan fingerprint density at radius 1 is 1.00 bits per heavy atom. The van der Waals surface area contributed by atoms with Crippen molar-refractivity contribution >= 4 is 21.6 Å². The van der Waals surface area contributed by atoms with Crippen LogP contribution in [-0.2, 0) is 27.8 Å². The van der Waals surface area contributed by atoms with Crippen LogP contribution in [0.25, 0.3) is 0 Å². The lowest BCUT2D eigenvalue weighted by atomic mass is 9.95. The van der Waals surface area contributed by atoms with Gasteiger partial charge in [-0.25, -0.2) is 8.42 Å². The number of ether oxygens (including phenoxy) is 3. The lowest BCUT2D eigenvalue weighted by Crippen LogP contribution is -2.50. The van der Waals surface area contributed by atoms with E-state index >= 15 is 0 Å². The first kappa shape index (κ1) is 21.3. The van der Waals surface area contributed by atoms with Crippen molar-refractivity contribution < 1.29 is 27.4 Å². The third-order valence-corrected chi connectivity index (χ3v) is 7.68. The Labute approximate surface area is 191 Å². The first-order valence-electron chi connectivity index (χ1n) is 10.4. The van der Waals surface area contributed by atoms with Crippen molar-refractivity contribution in [1.82, 2.24) is 4.31 Å². The maximum Gasteiger partial charge on any atom is 0.244 e. The molecule has 5 rings (SSSR count). The summed E-state index contributed by atoms with van der Waals surface area (Å²) in [6.07, 6.45) is 0.266. The molecule has 0 aromatic heterocycles. The largest absolute Gasteiger partial charge is 0.497 e. The molecule has 170 valence electrons. The SMILES string of the molecule is COc1ccc(S(=O)(=O)N2Cc3ccccc3C[C@@H]2C(=O)Nc2ccc3c(c2)OCO3)cc1. The molecule has 0 unspecified atom stereocenters. The van der Waals surface area contributed by atoms with E-state index in [0.717, 1.165) is 11.1 Å². The number of hydrogen-bond donors (Lipinski definition) is 1. The van der Waals surface area contributed by atoms with Crippen LogP contribution in [0.2, 0.25) is 0 Å². The number of amides is 1. The van der Waals surface area contributed by atoms with Gasteiger partial charge in [-0.15, -0.1) is 0 Å². The molecule has 2 aliphatic rings. The zero-order valence-corrected chi connectivity index (χ0v) is 18.7. The molecule has 2 heterocycles. The van der Waals surface area contributed by atoms with Gasteiger partial charge < -0.3 is 19.5 Å². The molecule has 0 spiro atoms. The van der Waals surface area contributed by atoms with Gasteiger partial charge in [0.25, 0.3) is 0 Å². The van der Waals surface area contributed by atoms with Crippen molar-refractivity contribution in [2.75, 3.05) is 19.2 Å². The monoisotopic (exact) mass is 466 g/mol. The Hall–Kier alpha value is -3.56. The number of sulfonamides is 1. The summed E-state index contributed by atoms with van der Waals surface area (Å²) in [5.41, 5.74) is 2.33. The fourth-order valence-corrected chi connectivity index (χ4v) is 5.62. The van der Waals surface area contributed by atoms with E-state index in [-0.39, 0.29) is 24.7 Å². The van der Waals surface area contributed by atoms with E-state index in [1.54, 1.807) is 30.3 Å². The number of carbonyl (C=O) groups is 1. The summed E-state index contributed by atoms with van der Waals surface area (Å²) in [6, 6.07) is 17.9. The minimum Gasteiger partial charge on any atom is -0.497 e. The Morgan fingerprint density at radius 2 is 1.73 bits per heavy atom. The molecule has 1 amide bonds. The van der Waals surface area contributed by atoms with Gasteiger partial charge in [0.1, 0.15) is 11.8 Å². The molecule has 1 N–H and O–H groups in total. The lowest BCUT2D eigenvalue weighted by Gasteiger charge is -2.35. The molecule has 0 aliphatic carbocycles. The Morgan fingerprint density at radius 3 is 2.48 bits per heavy atom. The highest BCUT2D eigenvalue weighted by Gasteiger charge is 2.39. The molecule has 9 heteroatoms. The van der Waals surface area contributed by atoms with Crippen molar-refractivity contribution in [3.05, 3.63) is 77.9 Å². The zero-order chi connectivity index (χ0) is 23.0.